The fraction of sp³-hybridized carbons (Fsp3) is 0.222. The van der Waals surface area contributed by atoms with Gasteiger partial charge in [0.05, 0.1) is 36.8 Å². The van der Waals surface area contributed by atoms with Crippen molar-refractivity contribution in [2.24, 2.45) is 0 Å². The maximum Gasteiger partial charge on any atom is 0.255 e. The molecule has 37 heavy (non-hydrogen) atoms. The molecule has 0 aliphatic carbocycles. The zero-order chi connectivity index (χ0) is 26.3. The third-order valence-electron chi connectivity index (χ3n) is 6.23. The molecule has 192 valence electrons. The smallest absolute Gasteiger partial charge is 0.255 e. The molecule has 0 bridgehead atoms. The molecule has 5 rings (SSSR count). The highest BCUT2D eigenvalue weighted by atomic mass is 32.2. The van der Waals surface area contributed by atoms with E-state index < -0.39 is 10.0 Å². The topological polar surface area (TPSA) is 98.1 Å². The summed E-state index contributed by atoms with van der Waals surface area (Å²) in [5.41, 5.74) is 2.44. The van der Waals surface area contributed by atoms with E-state index in [4.69, 9.17) is 13.9 Å². The number of anilines is 1. The number of hydrogen-bond donors (Lipinski definition) is 1. The minimum Gasteiger partial charge on any atom is -0.457 e. The average Bonchev–Trinajstić information content (AvgIpc) is 3.16. The molecule has 0 radical (unpaired) electrons. The number of nitrogens with zero attached hydrogens (tertiary/aromatic N) is 1. The van der Waals surface area contributed by atoms with Crippen LogP contribution in [0.15, 0.2) is 65.1 Å². The quantitative estimate of drug-likeness (QED) is 0.383. The van der Waals surface area contributed by atoms with Gasteiger partial charge in [0.2, 0.25) is 10.0 Å². The molecule has 0 saturated carbocycles. The van der Waals surface area contributed by atoms with E-state index in [9.17, 15) is 17.6 Å². The Morgan fingerprint density at radius 1 is 1.08 bits per heavy atom. The van der Waals surface area contributed by atoms with Gasteiger partial charge in [-0.05, 0) is 61.5 Å². The molecule has 8 nitrogen and oxygen atoms in total. The van der Waals surface area contributed by atoms with Crippen LogP contribution in [0.5, 0.6) is 11.5 Å². The van der Waals surface area contributed by atoms with Crippen molar-refractivity contribution in [3.8, 4) is 22.8 Å². The number of benzene rings is 3. The molecule has 1 aliphatic heterocycles. The van der Waals surface area contributed by atoms with Gasteiger partial charge in [0, 0.05) is 29.6 Å². The number of fused-ring (bicyclic) bond motifs is 2. The van der Waals surface area contributed by atoms with Crippen molar-refractivity contribution in [1.29, 1.82) is 0 Å². The number of rotatable bonds is 5. The first-order chi connectivity index (χ1) is 17.7. The molecule has 0 spiro atoms. The van der Waals surface area contributed by atoms with Crippen LogP contribution in [-0.4, -0.2) is 40.8 Å². The lowest BCUT2D eigenvalue weighted by Crippen LogP contribution is -2.32. The minimum atomic E-state index is -3.57. The first kappa shape index (κ1) is 24.8. The summed E-state index contributed by atoms with van der Waals surface area (Å²) >= 11 is 0. The normalized spacial score (nSPS) is 15.8. The average molecular weight is 525 g/mol. The Kier molecular flexibility index (Phi) is 6.38. The highest BCUT2D eigenvalue weighted by Gasteiger charge is 2.30. The number of nitrogens with one attached hydrogen (secondary N) is 1. The van der Waals surface area contributed by atoms with Gasteiger partial charge in [-0.25, -0.2) is 12.8 Å². The molecular weight excluding hydrogens is 499 g/mol. The second-order valence-corrected chi connectivity index (χ2v) is 10.6. The predicted molar refractivity (Wildman–Crippen MR) is 138 cm³/mol. The number of furan rings is 1. The summed E-state index contributed by atoms with van der Waals surface area (Å²) < 4.78 is 57.3. The Hall–Kier alpha value is -3.89. The number of amides is 1. The molecular formula is C27H25FN2O6S. The van der Waals surface area contributed by atoms with Gasteiger partial charge in [0.1, 0.15) is 28.7 Å². The van der Waals surface area contributed by atoms with E-state index in [1.165, 1.54) is 35.6 Å². The Balaban J connectivity index is 1.61. The highest BCUT2D eigenvalue weighted by molar-refractivity contribution is 7.92. The number of ether oxygens (including phenoxy) is 2. The van der Waals surface area contributed by atoms with Gasteiger partial charge in [-0.3, -0.25) is 9.10 Å². The Morgan fingerprint density at radius 3 is 2.35 bits per heavy atom. The van der Waals surface area contributed by atoms with Gasteiger partial charge >= 0.3 is 0 Å². The molecule has 10 heteroatoms. The second kappa shape index (κ2) is 9.53. The molecule has 0 saturated heterocycles. The van der Waals surface area contributed by atoms with Crippen molar-refractivity contribution in [3.63, 3.8) is 0 Å². The highest BCUT2D eigenvalue weighted by Crippen LogP contribution is 2.41. The fourth-order valence-corrected chi connectivity index (χ4v) is 5.35. The molecule has 0 fully saturated rings. The van der Waals surface area contributed by atoms with E-state index in [2.05, 4.69) is 5.32 Å². The van der Waals surface area contributed by atoms with Crippen LogP contribution in [0, 0.1) is 5.82 Å². The molecule has 1 N–H and O–H groups in total. The predicted octanol–water partition coefficient (Wildman–Crippen LogP) is 5.25. The van der Waals surface area contributed by atoms with Crippen LogP contribution < -0.4 is 14.4 Å². The van der Waals surface area contributed by atoms with Crippen molar-refractivity contribution >= 4 is 32.6 Å². The summed E-state index contributed by atoms with van der Waals surface area (Å²) in [5, 5.41) is 3.21. The van der Waals surface area contributed by atoms with Crippen molar-refractivity contribution < 1.29 is 31.5 Å². The lowest BCUT2D eigenvalue weighted by atomic mass is 10.0. The molecule has 3 aromatic carbocycles. The van der Waals surface area contributed by atoms with Crippen molar-refractivity contribution in [3.05, 3.63) is 77.6 Å². The van der Waals surface area contributed by atoms with Gasteiger partial charge in [-0.2, -0.15) is 0 Å². The fourth-order valence-electron chi connectivity index (χ4n) is 4.42. The number of halogens is 1. The van der Waals surface area contributed by atoms with Crippen LogP contribution in [0.1, 0.15) is 28.9 Å². The van der Waals surface area contributed by atoms with E-state index in [1.54, 1.807) is 36.4 Å². The van der Waals surface area contributed by atoms with Gasteiger partial charge in [-0.15, -0.1) is 0 Å². The number of hydrogen-bond acceptors (Lipinski definition) is 6. The Morgan fingerprint density at radius 2 is 1.73 bits per heavy atom. The van der Waals surface area contributed by atoms with Gasteiger partial charge in [0.15, 0.2) is 0 Å². The summed E-state index contributed by atoms with van der Waals surface area (Å²) in [6.07, 6.45) is 0.765. The van der Waals surface area contributed by atoms with E-state index in [0.29, 0.717) is 50.6 Å². The number of carbonyl (C=O) groups is 1. The lowest BCUT2D eigenvalue weighted by molar-refractivity contribution is 0.0769. The zero-order valence-electron chi connectivity index (χ0n) is 20.4. The molecule has 1 aliphatic rings. The van der Waals surface area contributed by atoms with E-state index in [-0.39, 0.29) is 31.0 Å². The van der Waals surface area contributed by atoms with E-state index in [1.807, 2.05) is 6.92 Å². The Bertz CT molecular complexity index is 1580. The van der Waals surface area contributed by atoms with Crippen molar-refractivity contribution in [1.82, 2.24) is 5.32 Å². The summed E-state index contributed by atoms with van der Waals surface area (Å²) in [4.78, 5) is 13.0. The van der Waals surface area contributed by atoms with Crippen molar-refractivity contribution in [2.45, 2.75) is 13.0 Å². The maximum absolute atomic E-state index is 13.2. The second-order valence-electron chi connectivity index (χ2n) is 8.72. The largest absolute Gasteiger partial charge is 0.457 e. The van der Waals surface area contributed by atoms with Crippen LogP contribution in [0.3, 0.4) is 0 Å². The van der Waals surface area contributed by atoms with Crippen LogP contribution in [0.2, 0.25) is 0 Å². The minimum absolute atomic E-state index is 0.174. The maximum atomic E-state index is 13.2. The lowest BCUT2D eigenvalue weighted by Gasteiger charge is -2.22. The van der Waals surface area contributed by atoms with E-state index in [0.717, 1.165) is 6.26 Å². The zero-order valence-corrected chi connectivity index (χ0v) is 21.3. The van der Waals surface area contributed by atoms with Crippen LogP contribution in [-0.2, 0) is 14.8 Å². The summed E-state index contributed by atoms with van der Waals surface area (Å²) in [5.74, 6) is 0.642. The van der Waals surface area contributed by atoms with E-state index >= 15 is 0 Å². The van der Waals surface area contributed by atoms with Crippen LogP contribution in [0.4, 0.5) is 10.1 Å². The molecule has 1 atom stereocenters. The van der Waals surface area contributed by atoms with Crippen LogP contribution >= 0.6 is 0 Å². The molecule has 1 unspecified atom stereocenters. The molecule has 2 heterocycles. The summed E-state index contributed by atoms with van der Waals surface area (Å²) in [6.45, 7) is 2.26. The third kappa shape index (κ3) is 4.77. The van der Waals surface area contributed by atoms with Gasteiger partial charge in [-0.1, -0.05) is 0 Å². The number of sulfonamides is 1. The number of carbonyl (C=O) groups excluding carboxylic acids is 1. The first-order valence-corrected chi connectivity index (χ1v) is 13.5. The Labute approximate surface area is 213 Å². The van der Waals surface area contributed by atoms with Crippen LogP contribution in [0.25, 0.3) is 22.3 Å². The molecule has 1 aromatic heterocycles. The summed E-state index contributed by atoms with van der Waals surface area (Å²) in [6, 6.07) is 16.0. The summed E-state index contributed by atoms with van der Waals surface area (Å²) in [7, 11) is -2.03. The SMILES string of the molecule is CNC(=O)c1c(-c2ccc(Oc3ccc(F)cc3)cc2)oc2cc3c(cc12)C(C)OCCN3S(C)(=O)=O. The first-order valence-electron chi connectivity index (χ1n) is 11.6. The molecule has 1 amide bonds. The van der Waals surface area contributed by atoms with Gasteiger partial charge < -0.3 is 19.2 Å². The van der Waals surface area contributed by atoms with Crippen molar-refractivity contribution in [2.75, 3.05) is 30.8 Å². The monoisotopic (exact) mass is 524 g/mol. The van der Waals surface area contributed by atoms with Gasteiger partial charge in [0.25, 0.3) is 5.91 Å². The third-order valence-corrected chi connectivity index (χ3v) is 7.41. The standard InChI is InChI=1S/C27H25FN2O6S/c1-16-21-14-22-24(15-23(21)30(12-13-34-16)37(3,32)33)36-26(25(22)27(31)29-2)17-4-8-19(9-5-17)35-20-10-6-18(28)7-11-20/h4-11,14-16H,12-13H2,1-3H3,(H,29,31). The molecule has 4 aromatic rings.